The lowest BCUT2D eigenvalue weighted by Crippen LogP contribution is -2.41. The minimum atomic E-state index is -0.601. The van der Waals surface area contributed by atoms with Crippen molar-refractivity contribution in [2.75, 3.05) is 0 Å². The molecule has 3 N–H and O–H groups in total. The summed E-state index contributed by atoms with van der Waals surface area (Å²) in [6, 6.07) is 13.1. The summed E-state index contributed by atoms with van der Waals surface area (Å²) in [4.78, 5) is 37.1. The zero-order valence-electron chi connectivity index (χ0n) is 14.1. The van der Waals surface area contributed by atoms with Crippen LogP contribution in [-0.4, -0.2) is 21.7 Å². The molecule has 0 radical (unpaired) electrons. The number of aromatic amines is 1. The third-order valence-corrected chi connectivity index (χ3v) is 3.83. The third kappa shape index (κ3) is 4.46. The number of benzene rings is 2. The van der Waals surface area contributed by atoms with Crippen LogP contribution in [0.15, 0.2) is 60.8 Å². The van der Waals surface area contributed by atoms with Crippen molar-refractivity contribution in [3.8, 4) is 11.5 Å². The first kappa shape index (κ1) is 18.9. The van der Waals surface area contributed by atoms with Crippen LogP contribution in [0.3, 0.4) is 0 Å². The normalized spacial score (nSPS) is 10.2. The molecule has 0 bridgehead atoms. The van der Waals surface area contributed by atoms with Crippen molar-refractivity contribution in [2.45, 2.75) is 0 Å². The van der Waals surface area contributed by atoms with Crippen molar-refractivity contribution in [3.63, 3.8) is 0 Å². The number of ether oxygens (including phenoxy) is 1. The molecule has 0 fully saturated rings. The molecule has 2 aromatic carbocycles. The van der Waals surface area contributed by atoms with Crippen LogP contribution < -0.4 is 15.6 Å². The molecule has 1 aromatic heterocycles. The van der Waals surface area contributed by atoms with Gasteiger partial charge in [-0.2, -0.15) is 0 Å². The van der Waals surface area contributed by atoms with Crippen LogP contribution in [-0.2, 0) is 0 Å². The number of aromatic nitrogens is 1. The monoisotopic (exact) mass is 400 g/mol. The fraction of sp³-hybridized carbons (Fsp3) is 0. The van der Waals surface area contributed by atoms with Crippen LogP contribution in [0.1, 0.15) is 20.8 Å². The SMILES string of the molecule is O=C(NNC(=O)c1ccc[nH]1)c1ccc(Oc2ccc(Cl)cc2[N+](=O)[O-])cc1. The maximum absolute atomic E-state index is 12.1. The molecule has 10 heteroatoms. The van der Waals surface area contributed by atoms with E-state index in [0.717, 1.165) is 0 Å². The molecule has 0 aliphatic heterocycles. The standard InChI is InChI=1S/C18H13ClN4O5/c19-12-5-8-16(15(10-12)23(26)27)28-13-6-3-11(4-7-13)17(24)21-22-18(25)14-2-1-9-20-14/h1-10,20H,(H,21,24)(H,22,25). The molecular formula is C18H13ClN4O5. The molecule has 2 amide bonds. The number of amides is 2. The third-order valence-electron chi connectivity index (χ3n) is 3.59. The zero-order valence-corrected chi connectivity index (χ0v) is 14.9. The Kier molecular flexibility index (Phi) is 5.56. The Bertz CT molecular complexity index is 1020. The lowest BCUT2D eigenvalue weighted by atomic mass is 10.2. The minimum Gasteiger partial charge on any atom is -0.450 e. The van der Waals surface area contributed by atoms with Crippen molar-refractivity contribution < 1.29 is 19.2 Å². The molecule has 28 heavy (non-hydrogen) atoms. The van der Waals surface area contributed by atoms with E-state index in [0.29, 0.717) is 5.69 Å². The molecule has 0 spiro atoms. The number of carbonyl (C=O) groups is 2. The first-order valence-corrected chi connectivity index (χ1v) is 8.28. The second-order valence-corrected chi connectivity index (χ2v) is 5.92. The number of hydrogen-bond acceptors (Lipinski definition) is 5. The van der Waals surface area contributed by atoms with E-state index in [1.807, 2.05) is 0 Å². The van der Waals surface area contributed by atoms with Gasteiger partial charge >= 0.3 is 5.69 Å². The van der Waals surface area contributed by atoms with Gasteiger partial charge in [0.25, 0.3) is 11.8 Å². The molecule has 0 unspecified atom stereocenters. The number of nitro benzene ring substituents is 1. The molecule has 9 nitrogen and oxygen atoms in total. The Morgan fingerprint density at radius 2 is 1.75 bits per heavy atom. The van der Waals surface area contributed by atoms with Crippen molar-refractivity contribution in [3.05, 3.63) is 87.2 Å². The second kappa shape index (κ2) is 8.23. The highest BCUT2D eigenvalue weighted by molar-refractivity contribution is 6.30. The lowest BCUT2D eigenvalue weighted by molar-refractivity contribution is -0.385. The molecular weight excluding hydrogens is 388 g/mol. The largest absolute Gasteiger partial charge is 0.450 e. The van der Waals surface area contributed by atoms with Crippen LogP contribution in [0.5, 0.6) is 11.5 Å². The lowest BCUT2D eigenvalue weighted by Gasteiger charge is -2.09. The Balaban J connectivity index is 1.64. The molecule has 142 valence electrons. The number of nitro groups is 1. The van der Waals surface area contributed by atoms with E-state index in [2.05, 4.69) is 15.8 Å². The van der Waals surface area contributed by atoms with Gasteiger partial charge in [0, 0.05) is 22.8 Å². The number of hydrazine groups is 1. The minimum absolute atomic E-state index is 0.0183. The Hall–Kier alpha value is -3.85. The topological polar surface area (TPSA) is 126 Å². The van der Waals surface area contributed by atoms with E-state index < -0.39 is 16.7 Å². The second-order valence-electron chi connectivity index (χ2n) is 5.49. The van der Waals surface area contributed by atoms with E-state index in [4.69, 9.17) is 16.3 Å². The number of halogens is 1. The van der Waals surface area contributed by atoms with Gasteiger partial charge in [-0.3, -0.25) is 30.6 Å². The Morgan fingerprint density at radius 1 is 1.04 bits per heavy atom. The van der Waals surface area contributed by atoms with E-state index in [1.54, 1.807) is 18.3 Å². The smallest absolute Gasteiger partial charge is 0.313 e. The maximum Gasteiger partial charge on any atom is 0.313 e. The highest BCUT2D eigenvalue weighted by Crippen LogP contribution is 2.33. The van der Waals surface area contributed by atoms with E-state index in [9.17, 15) is 19.7 Å². The fourth-order valence-corrected chi connectivity index (χ4v) is 2.41. The van der Waals surface area contributed by atoms with Gasteiger partial charge in [-0.15, -0.1) is 0 Å². The number of nitrogens with zero attached hydrogens (tertiary/aromatic N) is 1. The van der Waals surface area contributed by atoms with Crippen LogP contribution in [0, 0.1) is 10.1 Å². The molecule has 0 atom stereocenters. The molecule has 0 saturated heterocycles. The van der Waals surface area contributed by atoms with Gasteiger partial charge in [0.05, 0.1) is 4.92 Å². The number of H-pyrrole nitrogens is 1. The first-order valence-electron chi connectivity index (χ1n) is 7.90. The number of carbonyl (C=O) groups excluding carboxylic acids is 2. The molecule has 0 aliphatic carbocycles. The predicted molar refractivity (Wildman–Crippen MR) is 100 cm³/mol. The van der Waals surface area contributed by atoms with Crippen LogP contribution >= 0.6 is 11.6 Å². The fourth-order valence-electron chi connectivity index (χ4n) is 2.25. The van der Waals surface area contributed by atoms with Gasteiger partial charge in [-0.05, 0) is 48.5 Å². The first-order chi connectivity index (χ1) is 13.4. The molecule has 3 aromatic rings. The predicted octanol–water partition coefficient (Wildman–Crippen LogP) is 3.44. The quantitative estimate of drug-likeness (QED) is 0.446. The van der Waals surface area contributed by atoms with E-state index in [1.165, 1.54) is 42.5 Å². The molecule has 0 saturated carbocycles. The highest BCUT2D eigenvalue weighted by Gasteiger charge is 2.17. The van der Waals surface area contributed by atoms with Crippen LogP contribution in [0.2, 0.25) is 5.02 Å². The summed E-state index contributed by atoms with van der Waals surface area (Å²) in [6.07, 6.45) is 1.58. The summed E-state index contributed by atoms with van der Waals surface area (Å²) in [7, 11) is 0. The summed E-state index contributed by atoms with van der Waals surface area (Å²) in [6.45, 7) is 0. The maximum atomic E-state index is 12.1. The summed E-state index contributed by atoms with van der Waals surface area (Å²) < 4.78 is 5.50. The summed E-state index contributed by atoms with van der Waals surface area (Å²) in [5, 5.41) is 11.3. The zero-order chi connectivity index (χ0) is 20.1. The number of rotatable bonds is 5. The Morgan fingerprint density at radius 3 is 2.39 bits per heavy atom. The Labute approximate surface area is 163 Å². The van der Waals surface area contributed by atoms with Crippen molar-refractivity contribution in [1.29, 1.82) is 0 Å². The van der Waals surface area contributed by atoms with Crippen molar-refractivity contribution >= 4 is 29.1 Å². The van der Waals surface area contributed by atoms with Gasteiger partial charge in [-0.25, -0.2) is 0 Å². The summed E-state index contributed by atoms with van der Waals surface area (Å²) in [5.41, 5.74) is 4.84. The van der Waals surface area contributed by atoms with Crippen molar-refractivity contribution in [1.82, 2.24) is 15.8 Å². The van der Waals surface area contributed by atoms with Crippen LogP contribution in [0.25, 0.3) is 0 Å². The van der Waals surface area contributed by atoms with Gasteiger partial charge in [0.15, 0.2) is 0 Å². The van der Waals surface area contributed by atoms with E-state index >= 15 is 0 Å². The van der Waals surface area contributed by atoms with Gasteiger partial charge < -0.3 is 9.72 Å². The molecule has 1 heterocycles. The van der Waals surface area contributed by atoms with Gasteiger partial charge in [0.2, 0.25) is 5.75 Å². The average Bonchev–Trinajstić information content (AvgIpc) is 3.22. The average molecular weight is 401 g/mol. The number of hydrogen-bond donors (Lipinski definition) is 3. The van der Waals surface area contributed by atoms with Crippen LogP contribution in [0.4, 0.5) is 5.69 Å². The van der Waals surface area contributed by atoms with Gasteiger partial charge in [-0.1, -0.05) is 11.6 Å². The molecule has 0 aliphatic rings. The highest BCUT2D eigenvalue weighted by atomic mass is 35.5. The van der Waals surface area contributed by atoms with Crippen molar-refractivity contribution in [2.24, 2.45) is 0 Å². The summed E-state index contributed by atoms with van der Waals surface area (Å²) >= 11 is 5.77. The van der Waals surface area contributed by atoms with E-state index in [-0.39, 0.29) is 27.8 Å². The molecule has 3 rings (SSSR count). The van der Waals surface area contributed by atoms with Gasteiger partial charge in [0.1, 0.15) is 11.4 Å². The summed E-state index contributed by atoms with van der Waals surface area (Å²) in [5.74, 6) is -0.723. The number of nitrogens with one attached hydrogen (secondary N) is 3.